The zero-order chi connectivity index (χ0) is 11.6. The van der Waals surface area contributed by atoms with Crippen LogP contribution in [0.2, 0.25) is 0 Å². The van der Waals surface area contributed by atoms with Crippen LogP contribution in [0.25, 0.3) is 0 Å². The maximum Gasteiger partial charge on any atom is 0.343 e. The highest BCUT2D eigenvalue weighted by Gasteiger charge is 2.54. The molecule has 0 spiro atoms. The Bertz CT molecular complexity index is 208. The van der Waals surface area contributed by atoms with E-state index in [0.29, 0.717) is 0 Å². The van der Waals surface area contributed by atoms with Crippen LogP contribution in [0.15, 0.2) is 0 Å². The Kier molecular flexibility index (Phi) is 4.01. The zero-order valence-electron chi connectivity index (χ0n) is 8.39. The molecule has 0 aromatic heterocycles. The van der Waals surface area contributed by atoms with Gasteiger partial charge in [0.25, 0.3) is 0 Å². The van der Waals surface area contributed by atoms with Crippen molar-refractivity contribution in [3.63, 3.8) is 0 Å². The number of hydrogen-bond acceptors (Lipinski definition) is 6. The van der Waals surface area contributed by atoms with Gasteiger partial charge in [0.15, 0.2) is 0 Å². The van der Waals surface area contributed by atoms with Gasteiger partial charge in [0, 0.05) is 0 Å². The molecule has 0 aliphatic heterocycles. The largest absolute Gasteiger partial charge is 0.464 e. The summed E-state index contributed by atoms with van der Waals surface area (Å²) in [5, 5.41) is 37.0. The van der Waals surface area contributed by atoms with Gasteiger partial charge in [-0.2, -0.15) is 0 Å². The molecule has 14 heavy (non-hydrogen) atoms. The van der Waals surface area contributed by atoms with E-state index in [1.165, 1.54) is 6.92 Å². The van der Waals surface area contributed by atoms with Gasteiger partial charge in [-0.1, -0.05) is 0 Å². The third-order valence-corrected chi connectivity index (χ3v) is 1.97. The lowest BCUT2D eigenvalue weighted by molar-refractivity contribution is -0.303. The molecule has 2 atom stereocenters. The molecule has 0 aromatic carbocycles. The fraction of sp³-hybridized carbons (Fsp3) is 0.875. The Hall–Kier alpha value is -0.690. The molecular weight excluding hydrogens is 192 g/mol. The first kappa shape index (κ1) is 13.3. The topological polar surface area (TPSA) is 107 Å². The Balaban J connectivity index is 4.84. The Morgan fingerprint density at radius 1 is 1.43 bits per heavy atom. The second-order valence-electron chi connectivity index (χ2n) is 3.19. The second kappa shape index (κ2) is 4.22. The summed E-state index contributed by atoms with van der Waals surface area (Å²) < 4.78 is 4.42. The minimum atomic E-state index is -2.95. The molecule has 0 amide bonds. The minimum Gasteiger partial charge on any atom is -0.464 e. The van der Waals surface area contributed by atoms with E-state index < -0.39 is 23.5 Å². The van der Waals surface area contributed by atoms with E-state index in [2.05, 4.69) is 4.74 Å². The van der Waals surface area contributed by atoms with E-state index in [9.17, 15) is 20.1 Å². The molecule has 0 aliphatic carbocycles. The summed E-state index contributed by atoms with van der Waals surface area (Å²) in [5.74, 6) is -4.15. The second-order valence-corrected chi connectivity index (χ2v) is 3.19. The van der Waals surface area contributed by atoms with Gasteiger partial charge in [-0.3, -0.25) is 0 Å². The number of ether oxygens (including phenoxy) is 1. The van der Waals surface area contributed by atoms with Crippen molar-refractivity contribution in [3.05, 3.63) is 0 Å². The van der Waals surface area contributed by atoms with E-state index in [0.717, 1.165) is 13.8 Å². The van der Waals surface area contributed by atoms with Gasteiger partial charge < -0.3 is 25.2 Å². The highest BCUT2D eigenvalue weighted by Crippen LogP contribution is 2.24. The van der Waals surface area contributed by atoms with Crippen LogP contribution >= 0.6 is 0 Å². The molecule has 0 saturated carbocycles. The fourth-order valence-electron chi connectivity index (χ4n) is 0.829. The van der Waals surface area contributed by atoms with Crippen molar-refractivity contribution in [1.82, 2.24) is 0 Å². The van der Waals surface area contributed by atoms with Crippen molar-refractivity contribution in [2.24, 2.45) is 0 Å². The van der Waals surface area contributed by atoms with E-state index in [4.69, 9.17) is 5.11 Å². The van der Waals surface area contributed by atoms with Gasteiger partial charge in [0.2, 0.25) is 11.4 Å². The molecule has 0 saturated heterocycles. The summed E-state index contributed by atoms with van der Waals surface area (Å²) in [6, 6.07) is 0. The minimum absolute atomic E-state index is 0.00905. The molecule has 0 fully saturated rings. The predicted molar refractivity (Wildman–Crippen MR) is 46.1 cm³/mol. The summed E-state index contributed by atoms with van der Waals surface area (Å²) in [5.41, 5.74) is -2.57. The first-order valence-electron chi connectivity index (χ1n) is 4.20. The van der Waals surface area contributed by atoms with Gasteiger partial charge >= 0.3 is 5.97 Å². The van der Waals surface area contributed by atoms with Crippen LogP contribution in [0.3, 0.4) is 0 Å². The SMILES string of the molecule is CCOC(=O)C(C)(O)C(O)(O)C(C)O. The average Bonchev–Trinajstić information content (AvgIpc) is 2.04. The summed E-state index contributed by atoms with van der Waals surface area (Å²) in [4.78, 5) is 11.1. The molecule has 0 radical (unpaired) electrons. The van der Waals surface area contributed by atoms with Gasteiger partial charge in [-0.25, -0.2) is 4.79 Å². The smallest absolute Gasteiger partial charge is 0.343 e. The highest BCUT2D eigenvalue weighted by atomic mass is 16.6. The number of aliphatic hydroxyl groups is 4. The number of hydrogen-bond donors (Lipinski definition) is 4. The van der Waals surface area contributed by atoms with Crippen LogP contribution in [0, 0.1) is 0 Å². The Morgan fingerprint density at radius 2 is 1.86 bits per heavy atom. The third kappa shape index (κ3) is 2.21. The Morgan fingerprint density at radius 3 is 2.14 bits per heavy atom. The molecule has 0 bridgehead atoms. The normalized spacial score (nSPS) is 18.5. The monoisotopic (exact) mass is 208 g/mol. The standard InChI is InChI=1S/C8H16O6/c1-4-14-6(10)7(3,11)8(12,13)5(2)9/h5,9,11-13H,4H2,1-3H3. The van der Waals surface area contributed by atoms with Crippen molar-refractivity contribution in [2.75, 3.05) is 6.61 Å². The lowest BCUT2D eigenvalue weighted by Gasteiger charge is -2.36. The highest BCUT2D eigenvalue weighted by molar-refractivity contribution is 5.80. The van der Waals surface area contributed by atoms with E-state index in [1.54, 1.807) is 0 Å². The first-order valence-corrected chi connectivity index (χ1v) is 4.20. The number of carbonyl (C=O) groups is 1. The summed E-state index contributed by atoms with van der Waals surface area (Å²) >= 11 is 0. The third-order valence-electron chi connectivity index (χ3n) is 1.97. The molecule has 0 rings (SSSR count). The van der Waals surface area contributed by atoms with Gasteiger partial charge in [-0.15, -0.1) is 0 Å². The number of rotatable bonds is 4. The van der Waals surface area contributed by atoms with Crippen molar-refractivity contribution in [2.45, 2.75) is 38.3 Å². The number of carbonyl (C=O) groups excluding carboxylic acids is 1. The zero-order valence-corrected chi connectivity index (χ0v) is 8.39. The molecule has 4 N–H and O–H groups in total. The fourth-order valence-corrected chi connectivity index (χ4v) is 0.829. The number of esters is 1. The Labute approximate surface area is 81.7 Å². The molecule has 0 heterocycles. The van der Waals surface area contributed by atoms with Crippen LogP contribution in [-0.2, 0) is 9.53 Å². The van der Waals surface area contributed by atoms with Crippen LogP contribution < -0.4 is 0 Å². The van der Waals surface area contributed by atoms with E-state index >= 15 is 0 Å². The van der Waals surface area contributed by atoms with Crippen molar-refractivity contribution in [3.8, 4) is 0 Å². The van der Waals surface area contributed by atoms with Crippen molar-refractivity contribution >= 4 is 5.97 Å². The lowest BCUT2D eigenvalue weighted by atomic mass is 9.91. The molecule has 6 nitrogen and oxygen atoms in total. The maximum atomic E-state index is 11.1. The molecular formula is C8H16O6. The number of aliphatic hydroxyl groups excluding tert-OH is 1. The van der Waals surface area contributed by atoms with Crippen LogP contribution in [0.1, 0.15) is 20.8 Å². The van der Waals surface area contributed by atoms with Crippen LogP contribution in [0.5, 0.6) is 0 Å². The van der Waals surface area contributed by atoms with E-state index in [1.807, 2.05) is 0 Å². The van der Waals surface area contributed by atoms with E-state index in [-0.39, 0.29) is 6.61 Å². The van der Waals surface area contributed by atoms with Crippen molar-refractivity contribution in [1.29, 1.82) is 0 Å². The first-order chi connectivity index (χ1) is 6.17. The molecule has 0 aliphatic rings. The quantitative estimate of drug-likeness (QED) is 0.326. The van der Waals surface area contributed by atoms with Crippen LogP contribution in [0.4, 0.5) is 0 Å². The van der Waals surface area contributed by atoms with Gasteiger partial charge in [0.1, 0.15) is 6.10 Å². The predicted octanol–water partition coefficient (Wildman–Crippen LogP) is -1.64. The van der Waals surface area contributed by atoms with Gasteiger partial charge in [0.05, 0.1) is 6.61 Å². The lowest BCUT2D eigenvalue weighted by Crippen LogP contribution is -2.63. The maximum absolute atomic E-state index is 11.1. The molecule has 6 heteroatoms. The van der Waals surface area contributed by atoms with Gasteiger partial charge in [-0.05, 0) is 20.8 Å². The average molecular weight is 208 g/mol. The van der Waals surface area contributed by atoms with Crippen molar-refractivity contribution < 1.29 is 30.0 Å². The molecule has 0 aromatic rings. The summed E-state index contributed by atoms with van der Waals surface area (Å²) in [7, 11) is 0. The van der Waals surface area contributed by atoms with Crippen LogP contribution in [-0.4, -0.2) is 50.5 Å². The molecule has 84 valence electrons. The molecule has 2 unspecified atom stereocenters. The summed E-state index contributed by atoms with van der Waals surface area (Å²) in [6.07, 6.45) is -1.69. The summed E-state index contributed by atoms with van der Waals surface area (Å²) in [6.45, 7) is 3.39.